The second-order valence-corrected chi connectivity index (χ2v) is 12.2. The molecule has 2 aliphatic rings. The number of aliphatic hydroxyl groups is 1. The number of imidazole rings is 1. The van der Waals surface area contributed by atoms with Crippen LogP contribution in [0.25, 0.3) is 22.0 Å². The second kappa shape index (κ2) is 11.1. The van der Waals surface area contributed by atoms with Gasteiger partial charge in [-0.1, -0.05) is 0 Å². The molecule has 14 heteroatoms. The van der Waals surface area contributed by atoms with Crippen molar-refractivity contribution in [2.45, 2.75) is 50.3 Å². The Kier molecular flexibility index (Phi) is 7.09. The van der Waals surface area contributed by atoms with E-state index in [1.165, 1.54) is 22.1 Å². The highest BCUT2D eigenvalue weighted by molar-refractivity contribution is 7.13. The number of thiazole rings is 1. The third-order valence-corrected chi connectivity index (χ3v) is 9.09. The third-order valence-electron chi connectivity index (χ3n) is 8.40. The van der Waals surface area contributed by atoms with Crippen LogP contribution in [0.4, 0.5) is 15.3 Å². The van der Waals surface area contributed by atoms with Gasteiger partial charge in [0.2, 0.25) is 0 Å². The molecule has 226 valence electrons. The van der Waals surface area contributed by atoms with Crippen LogP contribution in [0.2, 0.25) is 0 Å². The number of carboxylic acids is 1. The summed E-state index contributed by atoms with van der Waals surface area (Å²) in [5, 5.41) is 29.6. The number of carbonyl (C=O) groups is 2. The van der Waals surface area contributed by atoms with E-state index in [2.05, 4.69) is 25.4 Å². The number of hydrogen-bond acceptors (Lipinski definition) is 9. The summed E-state index contributed by atoms with van der Waals surface area (Å²) in [6.45, 7) is 1.79. The lowest BCUT2D eigenvalue weighted by Crippen LogP contribution is -2.45. The van der Waals surface area contributed by atoms with Crippen molar-refractivity contribution in [2.24, 2.45) is 0 Å². The van der Waals surface area contributed by atoms with Gasteiger partial charge in [-0.3, -0.25) is 19.6 Å². The Morgan fingerprint density at radius 3 is 2.68 bits per heavy atom. The standard InChI is InChI=1S/C30H29FN8O4S/c31-21-12-19(18-3-4-24(33-15-18)37-9-5-30(43,6-10-37)14-25(40)41)13-22-20(21)16-39(36-22)27(28(42)35-29-32-7-11-44-29)26-23-2-1-8-38(23)17-34-26/h3-4,7,11-13,15-17,27,43H,1-2,5-6,8-10,14H2,(H,40,41)(H,32,35,42). The number of aliphatic carboxylic acids is 1. The van der Waals surface area contributed by atoms with E-state index in [-0.39, 0.29) is 17.7 Å². The van der Waals surface area contributed by atoms with E-state index in [9.17, 15) is 14.7 Å². The first-order chi connectivity index (χ1) is 21.3. The van der Waals surface area contributed by atoms with E-state index in [4.69, 9.17) is 5.11 Å². The van der Waals surface area contributed by atoms with E-state index in [0.29, 0.717) is 59.2 Å². The minimum Gasteiger partial charge on any atom is -0.481 e. The molecule has 0 bridgehead atoms. The molecule has 1 aromatic carbocycles. The zero-order chi connectivity index (χ0) is 30.4. The summed E-state index contributed by atoms with van der Waals surface area (Å²) in [4.78, 5) is 40.0. The smallest absolute Gasteiger partial charge is 0.306 e. The van der Waals surface area contributed by atoms with Gasteiger partial charge < -0.3 is 19.7 Å². The Balaban J connectivity index is 1.16. The van der Waals surface area contributed by atoms with E-state index >= 15 is 4.39 Å². The highest BCUT2D eigenvalue weighted by atomic mass is 32.1. The van der Waals surface area contributed by atoms with Crippen LogP contribution in [0.3, 0.4) is 0 Å². The second-order valence-electron chi connectivity index (χ2n) is 11.3. The van der Waals surface area contributed by atoms with Gasteiger partial charge in [0.1, 0.15) is 11.6 Å². The number of pyridine rings is 1. The molecule has 1 fully saturated rings. The van der Waals surface area contributed by atoms with Gasteiger partial charge in [-0.25, -0.2) is 19.3 Å². The number of rotatable bonds is 8. The first-order valence-electron chi connectivity index (χ1n) is 14.3. The van der Waals surface area contributed by atoms with E-state index in [1.54, 1.807) is 36.4 Å². The number of aryl methyl sites for hydroxylation is 1. The third kappa shape index (κ3) is 5.30. The van der Waals surface area contributed by atoms with Gasteiger partial charge in [-0.15, -0.1) is 11.3 Å². The summed E-state index contributed by atoms with van der Waals surface area (Å²) < 4.78 is 19.1. The quantitative estimate of drug-likeness (QED) is 0.236. The number of piperidine rings is 1. The molecule has 7 rings (SSSR count). The van der Waals surface area contributed by atoms with Crippen LogP contribution < -0.4 is 10.2 Å². The molecule has 12 nitrogen and oxygen atoms in total. The van der Waals surface area contributed by atoms with Crippen molar-refractivity contribution in [3.05, 3.63) is 71.8 Å². The summed E-state index contributed by atoms with van der Waals surface area (Å²) in [5.41, 5.74) is 2.01. The average molecular weight is 617 g/mol. The van der Waals surface area contributed by atoms with Crippen LogP contribution in [0, 0.1) is 5.82 Å². The number of carboxylic acid groups (broad SMARTS) is 1. The number of nitrogens with zero attached hydrogens (tertiary/aromatic N) is 7. The molecule has 1 amide bonds. The first-order valence-corrected chi connectivity index (χ1v) is 15.2. The van der Waals surface area contributed by atoms with Crippen molar-refractivity contribution < 1.29 is 24.2 Å². The fraction of sp³-hybridized carbons (Fsp3) is 0.333. The molecule has 1 atom stereocenters. The predicted octanol–water partition coefficient (Wildman–Crippen LogP) is 3.87. The monoisotopic (exact) mass is 616 g/mol. The molecule has 2 aliphatic heterocycles. The Hall–Kier alpha value is -4.69. The normalized spacial score (nSPS) is 16.6. The number of fused-ring (bicyclic) bond motifs is 2. The zero-order valence-corrected chi connectivity index (χ0v) is 24.4. The molecule has 0 saturated carbocycles. The summed E-state index contributed by atoms with van der Waals surface area (Å²) in [7, 11) is 0. The summed E-state index contributed by atoms with van der Waals surface area (Å²) >= 11 is 1.31. The molecule has 0 aliphatic carbocycles. The minimum atomic E-state index is -1.21. The molecule has 44 heavy (non-hydrogen) atoms. The van der Waals surface area contributed by atoms with Gasteiger partial charge in [0.05, 0.1) is 34.9 Å². The van der Waals surface area contributed by atoms with Crippen molar-refractivity contribution >= 4 is 45.1 Å². The van der Waals surface area contributed by atoms with Crippen LogP contribution >= 0.6 is 11.3 Å². The molecule has 5 aromatic rings. The molecule has 3 N–H and O–H groups in total. The van der Waals surface area contributed by atoms with Crippen LogP contribution in [0.1, 0.15) is 43.1 Å². The molecular weight excluding hydrogens is 587 g/mol. The van der Waals surface area contributed by atoms with Crippen molar-refractivity contribution in [2.75, 3.05) is 23.3 Å². The maximum absolute atomic E-state index is 15.5. The maximum Gasteiger partial charge on any atom is 0.306 e. The number of hydrogen-bond donors (Lipinski definition) is 3. The predicted molar refractivity (Wildman–Crippen MR) is 161 cm³/mol. The Morgan fingerprint density at radius 2 is 1.95 bits per heavy atom. The Morgan fingerprint density at radius 1 is 1.11 bits per heavy atom. The van der Waals surface area contributed by atoms with E-state index in [1.807, 2.05) is 21.6 Å². The number of carbonyl (C=O) groups excluding carboxylic acids is 1. The lowest BCUT2D eigenvalue weighted by molar-refractivity contribution is -0.143. The number of halogens is 1. The lowest BCUT2D eigenvalue weighted by Gasteiger charge is -2.37. The van der Waals surface area contributed by atoms with Gasteiger partial charge in [0.15, 0.2) is 11.2 Å². The molecule has 0 radical (unpaired) electrons. The van der Waals surface area contributed by atoms with Crippen molar-refractivity contribution in [1.29, 1.82) is 0 Å². The van der Waals surface area contributed by atoms with E-state index < -0.39 is 23.4 Å². The molecule has 1 saturated heterocycles. The zero-order valence-electron chi connectivity index (χ0n) is 23.6. The van der Waals surface area contributed by atoms with Crippen LogP contribution in [-0.2, 0) is 22.6 Å². The Bertz CT molecular complexity index is 1840. The molecule has 1 unspecified atom stereocenters. The van der Waals surface area contributed by atoms with Gasteiger partial charge in [0, 0.05) is 54.9 Å². The number of anilines is 2. The van der Waals surface area contributed by atoms with Gasteiger partial charge in [-0.05, 0) is 55.5 Å². The van der Waals surface area contributed by atoms with Gasteiger partial charge in [0.25, 0.3) is 5.91 Å². The van der Waals surface area contributed by atoms with Crippen LogP contribution in [0.15, 0.2) is 54.6 Å². The maximum atomic E-state index is 15.5. The molecule has 6 heterocycles. The van der Waals surface area contributed by atoms with Gasteiger partial charge in [-0.2, -0.15) is 5.10 Å². The number of benzene rings is 1. The number of amides is 1. The van der Waals surface area contributed by atoms with Crippen LogP contribution in [-0.4, -0.2) is 70.1 Å². The topological polar surface area (TPSA) is 151 Å². The van der Waals surface area contributed by atoms with E-state index in [0.717, 1.165) is 25.1 Å². The molecule has 0 spiro atoms. The minimum absolute atomic E-state index is 0.279. The van der Waals surface area contributed by atoms with Crippen molar-refractivity contribution in [3.63, 3.8) is 0 Å². The number of nitrogens with one attached hydrogen (secondary N) is 1. The van der Waals surface area contributed by atoms with Crippen LogP contribution in [0.5, 0.6) is 0 Å². The summed E-state index contributed by atoms with van der Waals surface area (Å²) in [6.07, 6.45) is 8.68. The lowest BCUT2D eigenvalue weighted by atomic mass is 9.88. The largest absolute Gasteiger partial charge is 0.481 e. The van der Waals surface area contributed by atoms with Gasteiger partial charge >= 0.3 is 5.97 Å². The fourth-order valence-electron chi connectivity index (χ4n) is 6.11. The van der Waals surface area contributed by atoms with Crippen molar-refractivity contribution in [1.82, 2.24) is 29.3 Å². The highest BCUT2D eigenvalue weighted by Crippen LogP contribution is 2.33. The Labute approximate surface area is 254 Å². The summed E-state index contributed by atoms with van der Waals surface area (Å²) in [6, 6.07) is 5.96. The highest BCUT2D eigenvalue weighted by Gasteiger charge is 2.35. The fourth-order valence-corrected chi connectivity index (χ4v) is 6.65. The average Bonchev–Trinajstić information content (AvgIpc) is 3.80. The van der Waals surface area contributed by atoms with Crippen molar-refractivity contribution in [3.8, 4) is 11.1 Å². The summed E-state index contributed by atoms with van der Waals surface area (Å²) in [5.74, 6) is -1.16. The number of aromatic nitrogens is 6. The SMILES string of the molecule is O=C(O)CC1(O)CCN(c2ccc(-c3cc(F)c4cn(C(C(=O)Nc5nccs5)c5ncn6c5CCC6)nc4c3)cn2)CC1. The first kappa shape index (κ1) is 28.1. The molecular formula is C30H29FN8O4S. The molecule has 4 aromatic heterocycles.